The average Bonchev–Trinajstić information content (AvgIpc) is 2.48. The molecule has 116 valence electrons. The molecule has 0 unspecified atom stereocenters. The number of nitrogens with zero attached hydrogens (tertiary/aromatic N) is 1. The van der Waals surface area contributed by atoms with Crippen molar-refractivity contribution in [3.8, 4) is 0 Å². The van der Waals surface area contributed by atoms with Gasteiger partial charge in [-0.1, -0.05) is 0 Å². The summed E-state index contributed by atoms with van der Waals surface area (Å²) in [4.78, 5) is 13.6. The van der Waals surface area contributed by atoms with Crippen molar-refractivity contribution in [2.24, 2.45) is 11.5 Å². The fourth-order valence-electron chi connectivity index (χ4n) is 2.74. The van der Waals surface area contributed by atoms with Crippen molar-refractivity contribution in [2.75, 3.05) is 31.1 Å². The maximum absolute atomic E-state index is 11.3. The molecule has 1 aromatic rings. The van der Waals surface area contributed by atoms with E-state index in [1.807, 2.05) is 25.1 Å². The lowest BCUT2D eigenvalue weighted by Gasteiger charge is -2.33. The molecule has 5 nitrogen and oxygen atoms in total. The lowest BCUT2D eigenvalue weighted by molar-refractivity contribution is 0.0366. The number of carbonyl (C=O) groups is 1. The Hall–Kier alpha value is -1.59. The molecule has 0 atom stereocenters. The third-order valence-electron chi connectivity index (χ3n) is 3.98. The molecule has 1 fully saturated rings. The van der Waals surface area contributed by atoms with Gasteiger partial charge in [-0.05, 0) is 56.5 Å². The summed E-state index contributed by atoms with van der Waals surface area (Å²) in [6.45, 7) is 5.31. The van der Waals surface area contributed by atoms with Gasteiger partial charge in [0, 0.05) is 30.9 Å². The lowest BCUT2D eigenvalue weighted by atomic mass is 10.0. The smallest absolute Gasteiger partial charge is 0.248 e. The number of benzene rings is 1. The van der Waals surface area contributed by atoms with Crippen LogP contribution in [0.5, 0.6) is 0 Å². The third kappa shape index (κ3) is 4.19. The molecule has 0 saturated carbocycles. The summed E-state index contributed by atoms with van der Waals surface area (Å²) in [7, 11) is 0. The first-order valence-corrected chi connectivity index (χ1v) is 7.59. The van der Waals surface area contributed by atoms with Crippen molar-refractivity contribution in [1.82, 2.24) is 0 Å². The van der Waals surface area contributed by atoms with Gasteiger partial charge in [0.05, 0.1) is 6.10 Å². The summed E-state index contributed by atoms with van der Waals surface area (Å²) in [6, 6.07) is 5.83. The summed E-state index contributed by atoms with van der Waals surface area (Å²) in [5.41, 5.74) is 13.5. The Morgan fingerprint density at radius 2 is 2.10 bits per heavy atom. The zero-order chi connectivity index (χ0) is 15.2. The van der Waals surface area contributed by atoms with Crippen LogP contribution in [0.15, 0.2) is 18.2 Å². The van der Waals surface area contributed by atoms with Crippen LogP contribution in [-0.4, -0.2) is 38.3 Å². The monoisotopic (exact) mass is 291 g/mol. The van der Waals surface area contributed by atoms with E-state index >= 15 is 0 Å². The minimum Gasteiger partial charge on any atom is -0.378 e. The van der Waals surface area contributed by atoms with Crippen molar-refractivity contribution >= 4 is 11.6 Å². The Labute approximate surface area is 126 Å². The van der Waals surface area contributed by atoms with E-state index in [9.17, 15) is 4.79 Å². The molecule has 4 N–H and O–H groups in total. The Balaban J connectivity index is 1.90. The van der Waals surface area contributed by atoms with Crippen molar-refractivity contribution < 1.29 is 9.53 Å². The van der Waals surface area contributed by atoms with Crippen LogP contribution in [0.4, 0.5) is 5.69 Å². The van der Waals surface area contributed by atoms with Gasteiger partial charge in [0.25, 0.3) is 0 Å². The van der Waals surface area contributed by atoms with E-state index in [4.69, 9.17) is 16.2 Å². The minimum absolute atomic E-state index is 0.346. The van der Waals surface area contributed by atoms with Crippen LogP contribution in [0.1, 0.15) is 35.2 Å². The highest BCUT2D eigenvalue weighted by Crippen LogP contribution is 2.23. The first kappa shape index (κ1) is 15.8. The fourth-order valence-corrected chi connectivity index (χ4v) is 2.74. The summed E-state index contributed by atoms with van der Waals surface area (Å²) in [5, 5.41) is 0. The lowest BCUT2D eigenvalue weighted by Crippen LogP contribution is -2.37. The zero-order valence-electron chi connectivity index (χ0n) is 12.7. The van der Waals surface area contributed by atoms with Gasteiger partial charge < -0.3 is 21.1 Å². The fraction of sp³-hybridized carbons (Fsp3) is 0.562. The largest absolute Gasteiger partial charge is 0.378 e. The number of aryl methyl sites for hydroxylation is 1. The molecule has 0 spiro atoms. The topological polar surface area (TPSA) is 81.6 Å². The number of carbonyl (C=O) groups excluding carboxylic acids is 1. The van der Waals surface area contributed by atoms with Crippen LogP contribution in [0, 0.1) is 6.92 Å². The molecule has 21 heavy (non-hydrogen) atoms. The Kier molecular flexibility index (Phi) is 5.59. The zero-order valence-corrected chi connectivity index (χ0v) is 12.7. The van der Waals surface area contributed by atoms with E-state index < -0.39 is 0 Å². The standard InChI is InChI=1S/C16H25N3O2/c1-12-11-13(3-4-15(12)16(18)20)19-8-5-14(6-9-19)21-10-2-7-17/h3-4,11,14H,2,5-10,17H2,1H3,(H2,18,20). The van der Waals surface area contributed by atoms with Gasteiger partial charge in [-0.25, -0.2) is 0 Å². The van der Waals surface area contributed by atoms with Crippen LogP contribution in [0.25, 0.3) is 0 Å². The van der Waals surface area contributed by atoms with Gasteiger partial charge in [0.15, 0.2) is 0 Å². The van der Waals surface area contributed by atoms with E-state index in [-0.39, 0.29) is 5.91 Å². The first-order chi connectivity index (χ1) is 10.1. The molecule has 1 aromatic carbocycles. The summed E-state index contributed by atoms with van der Waals surface area (Å²) in [5.74, 6) is -0.369. The molecule has 0 bridgehead atoms. The van der Waals surface area contributed by atoms with Gasteiger partial charge in [-0.3, -0.25) is 4.79 Å². The van der Waals surface area contributed by atoms with Crippen molar-refractivity contribution in [2.45, 2.75) is 32.3 Å². The average molecular weight is 291 g/mol. The van der Waals surface area contributed by atoms with Gasteiger partial charge in [-0.2, -0.15) is 0 Å². The number of hydrogen-bond acceptors (Lipinski definition) is 4. The molecular formula is C16H25N3O2. The number of amides is 1. The minimum atomic E-state index is -0.369. The van der Waals surface area contributed by atoms with Crippen LogP contribution >= 0.6 is 0 Å². The summed E-state index contributed by atoms with van der Waals surface area (Å²) in [6.07, 6.45) is 3.33. The second-order valence-corrected chi connectivity index (χ2v) is 5.56. The van der Waals surface area contributed by atoms with Crippen LogP contribution < -0.4 is 16.4 Å². The molecule has 0 aliphatic carbocycles. The predicted molar refractivity (Wildman–Crippen MR) is 84.6 cm³/mol. The Morgan fingerprint density at radius 3 is 2.67 bits per heavy atom. The molecule has 5 heteroatoms. The van der Waals surface area contributed by atoms with Crippen molar-refractivity contribution in [3.63, 3.8) is 0 Å². The molecular weight excluding hydrogens is 266 g/mol. The SMILES string of the molecule is Cc1cc(N2CCC(OCCCN)CC2)ccc1C(N)=O. The van der Waals surface area contributed by atoms with Crippen LogP contribution in [0.3, 0.4) is 0 Å². The second kappa shape index (κ2) is 7.43. The predicted octanol–water partition coefficient (Wildman–Crippen LogP) is 1.43. The van der Waals surface area contributed by atoms with Crippen molar-refractivity contribution in [3.05, 3.63) is 29.3 Å². The second-order valence-electron chi connectivity index (χ2n) is 5.56. The number of rotatable bonds is 6. The number of piperidine rings is 1. The molecule has 1 saturated heterocycles. The molecule has 1 amide bonds. The summed E-state index contributed by atoms with van der Waals surface area (Å²) >= 11 is 0. The maximum atomic E-state index is 11.3. The van der Waals surface area contributed by atoms with E-state index in [0.29, 0.717) is 18.2 Å². The number of primary amides is 1. The maximum Gasteiger partial charge on any atom is 0.248 e. The highest BCUT2D eigenvalue weighted by atomic mass is 16.5. The van der Waals surface area contributed by atoms with E-state index in [2.05, 4.69) is 4.90 Å². The Morgan fingerprint density at radius 1 is 1.38 bits per heavy atom. The highest BCUT2D eigenvalue weighted by molar-refractivity contribution is 5.94. The number of nitrogens with two attached hydrogens (primary N) is 2. The first-order valence-electron chi connectivity index (χ1n) is 7.59. The Bertz CT molecular complexity index is 482. The van der Waals surface area contributed by atoms with Crippen molar-refractivity contribution in [1.29, 1.82) is 0 Å². The normalized spacial score (nSPS) is 16.2. The van der Waals surface area contributed by atoms with E-state index in [1.54, 1.807) is 0 Å². The molecule has 1 aliphatic rings. The molecule has 1 heterocycles. The molecule has 0 aromatic heterocycles. The number of hydrogen-bond donors (Lipinski definition) is 2. The molecule has 1 aliphatic heterocycles. The van der Waals surface area contributed by atoms with Gasteiger partial charge in [-0.15, -0.1) is 0 Å². The van der Waals surface area contributed by atoms with E-state index in [1.165, 1.54) is 0 Å². The quantitative estimate of drug-likeness (QED) is 0.777. The van der Waals surface area contributed by atoms with E-state index in [0.717, 1.165) is 50.2 Å². The van der Waals surface area contributed by atoms with Crippen LogP contribution in [-0.2, 0) is 4.74 Å². The van der Waals surface area contributed by atoms with Gasteiger partial charge in [0.2, 0.25) is 5.91 Å². The summed E-state index contributed by atoms with van der Waals surface area (Å²) < 4.78 is 5.81. The molecule has 2 rings (SSSR count). The van der Waals surface area contributed by atoms with Gasteiger partial charge >= 0.3 is 0 Å². The number of ether oxygens (including phenoxy) is 1. The highest BCUT2D eigenvalue weighted by Gasteiger charge is 2.20. The number of anilines is 1. The van der Waals surface area contributed by atoms with Gasteiger partial charge in [0.1, 0.15) is 0 Å². The van der Waals surface area contributed by atoms with Crippen LogP contribution in [0.2, 0.25) is 0 Å². The molecule has 0 radical (unpaired) electrons. The third-order valence-corrected chi connectivity index (χ3v) is 3.98.